The molecule has 0 aromatic heterocycles. The zero-order chi connectivity index (χ0) is 28.8. The van der Waals surface area contributed by atoms with Gasteiger partial charge in [0.1, 0.15) is 12.1 Å². The molecule has 0 aromatic rings. The fourth-order valence-electron chi connectivity index (χ4n) is 7.16. The van der Waals surface area contributed by atoms with E-state index in [-0.39, 0.29) is 59.6 Å². The second-order valence-electron chi connectivity index (χ2n) is 12.4. The van der Waals surface area contributed by atoms with Gasteiger partial charge in [0.25, 0.3) is 0 Å². The Kier molecular flexibility index (Phi) is 10.9. The lowest BCUT2D eigenvalue weighted by atomic mass is 9.83. The molecule has 2 heterocycles. The summed E-state index contributed by atoms with van der Waals surface area (Å²) in [5.41, 5.74) is 0. The molecule has 6 atom stereocenters. The molecule has 4 N–H and O–H groups in total. The number of hydrogen-bond acceptors (Lipinski definition) is 6. The van der Waals surface area contributed by atoms with E-state index < -0.39 is 12.1 Å². The van der Waals surface area contributed by atoms with E-state index in [0.717, 1.165) is 51.4 Å². The van der Waals surface area contributed by atoms with E-state index in [1.54, 1.807) is 27.9 Å². The Morgan fingerprint density at radius 3 is 1.57 bits per heavy atom. The first kappa shape index (κ1) is 30.8. The zero-order valence-electron chi connectivity index (χ0n) is 24.9. The number of nitrogens with one attached hydrogen (secondary N) is 4. The molecule has 0 spiro atoms. The Hall–Kier alpha value is -2.20. The average Bonchev–Trinajstić information content (AvgIpc) is 3.60. The number of carbonyl (C=O) groups is 4. The van der Waals surface area contributed by atoms with Gasteiger partial charge in [-0.05, 0) is 71.9 Å². The van der Waals surface area contributed by atoms with Gasteiger partial charge in [0.2, 0.25) is 23.6 Å². The normalized spacial score (nSPS) is 27.0. The fraction of sp³-hybridized carbons (Fsp3) is 0.833. The van der Waals surface area contributed by atoms with Crippen molar-refractivity contribution in [1.29, 1.82) is 0 Å². The van der Waals surface area contributed by atoms with Crippen LogP contribution in [0, 0.1) is 18.3 Å². The van der Waals surface area contributed by atoms with Gasteiger partial charge in [-0.25, -0.2) is 0 Å². The van der Waals surface area contributed by atoms with Crippen molar-refractivity contribution in [2.24, 2.45) is 11.8 Å². The van der Waals surface area contributed by atoms with E-state index in [1.165, 1.54) is 12.8 Å². The molecule has 2 saturated heterocycles. The first-order chi connectivity index (χ1) is 19.3. The third-order valence-electron chi connectivity index (χ3n) is 9.95. The average molecular weight is 560 g/mol. The Balaban J connectivity index is 1.48. The van der Waals surface area contributed by atoms with Crippen molar-refractivity contribution < 1.29 is 19.2 Å². The quantitative estimate of drug-likeness (QED) is 0.321. The monoisotopic (exact) mass is 559 g/mol. The Labute approximate surface area is 240 Å². The summed E-state index contributed by atoms with van der Waals surface area (Å²) in [5.74, 6) is -0.101. The first-order valence-corrected chi connectivity index (χ1v) is 15.7. The van der Waals surface area contributed by atoms with Gasteiger partial charge in [-0.3, -0.25) is 19.2 Å². The highest BCUT2D eigenvalue weighted by molar-refractivity contribution is 5.92. The predicted octanol–water partition coefficient (Wildman–Crippen LogP) is 1.35. The molecule has 0 aromatic carbocycles. The van der Waals surface area contributed by atoms with Crippen LogP contribution in [0.2, 0.25) is 0 Å². The molecule has 1 radical (unpaired) electrons. The minimum absolute atomic E-state index is 0.0263. The summed E-state index contributed by atoms with van der Waals surface area (Å²) < 4.78 is 0. The third-order valence-corrected chi connectivity index (χ3v) is 9.95. The summed E-state index contributed by atoms with van der Waals surface area (Å²) in [4.78, 5) is 57.6. The van der Waals surface area contributed by atoms with E-state index in [4.69, 9.17) is 0 Å². The van der Waals surface area contributed by atoms with E-state index in [0.29, 0.717) is 19.5 Å². The summed E-state index contributed by atoms with van der Waals surface area (Å²) in [6.45, 7) is 4.63. The van der Waals surface area contributed by atoms with Gasteiger partial charge in [-0.2, -0.15) is 0 Å². The maximum Gasteiger partial charge on any atom is 0.245 e. The molecule has 0 bridgehead atoms. The molecule has 4 aliphatic rings. The van der Waals surface area contributed by atoms with Crippen LogP contribution in [0.5, 0.6) is 0 Å². The molecular formula is C30H51N6O4. The van der Waals surface area contributed by atoms with Crippen molar-refractivity contribution in [2.75, 3.05) is 27.2 Å². The van der Waals surface area contributed by atoms with E-state index in [1.807, 2.05) is 9.80 Å². The van der Waals surface area contributed by atoms with Crippen LogP contribution >= 0.6 is 0 Å². The molecule has 0 unspecified atom stereocenters. The van der Waals surface area contributed by atoms with Crippen molar-refractivity contribution in [2.45, 2.75) is 121 Å². The summed E-state index contributed by atoms with van der Waals surface area (Å²) in [5, 5.41) is 12.1. The topological polar surface area (TPSA) is 123 Å². The van der Waals surface area contributed by atoms with Crippen molar-refractivity contribution in [3.8, 4) is 0 Å². The molecule has 2 aliphatic heterocycles. The van der Waals surface area contributed by atoms with Crippen LogP contribution in [-0.2, 0) is 19.2 Å². The SMILES string of the molecule is CN[C@@H](C)C(=O)N[C@H](C(=O)N1CC[C@@H]2[C@H]1[CH]CN2C(=O)[C@@H](NC(=O)[C@H](C)NC)C1CCCCC1)C1CCCCC1. The Morgan fingerprint density at radius 2 is 1.12 bits per heavy atom. The number of rotatable bonds is 10. The lowest BCUT2D eigenvalue weighted by Gasteiger charge is -2.36. The maximum atomic E-state index is 14.0. The third kappa shape index (κ3) is 6.81. The number of likely N-dealkylation sites (tertiary alicyclic amines) is 2. The van der Waals surface area contributed by atoms with Gasteiger partial charge in [0, 0.05) is 19.5 Å². The lowest BCUT2D eigenvalue weighted by Crippen LogP contribution is -2.58. The number of hydrogen-bond donors (Lipinski definition) is 4. The summed E-state index contributed by atoms with van der Waals surface area (Å²) in [6, 6.07) is -2.11. The van der Waals surface area contributed by atoms with Crippen LogP contribution in [0.15, 0.2) is 0 Å². The second kappa shape index (κ2) is 14.1. The summed E-state index contributed by atoms with van der Waals surface area (Å²) >= 11 is 0. The van der Waals surface area contributed by atoms with Crippen molar-refractivity contribution >= 4 is 23.6 Å². The van der Waals surface area contributed by atoms with Crippen molar-refractivity contribution in [1.82, 2.24) is 31.1 Å². The van der Waals surface area contributed by atoms with Crippen molar-refractivity contribution in [3.05, 3.63) is 6.42 Å². The maximum absolute atomic E-state index is 14.0. The Bertz CT molecular complexity index is 831. The molecule has 10 heteroatoms. The Morgan fingerprint density at radius 1 is 0.675 bits per heavy atom. The molecule has 40 heavy (non-hydrogen) atoms. The van der Waals surface area contributed by atoms with E-state index >= 15 is 0 Å². The van der Waals surface area contributed by atoms with Gasteiger partial charge in [0.15, 0.2) is 0 Å². The highest BCUT2D eigenvalue weighted by Gasteiger charge is 2.50. The van der Waals surface area contributed by atoms with Gasteiger partial charge in [-0.15, -0.1) is 0 Å². The van der Waals surface area contributed by atoms with Gasteiger partial charge in [-0.1, -0.05) is 38.5 Å². The molecule has 10 nitrogen and oxygen atoms in total. The predicted molar refractivity (Wildman–Crippen MR) is 154 cm³/mol. The molecule has 4 rings (SSSR count). The van der Waals surface area contributed by atoms with Crippen LogP contribution in [-0.4, -0.2) is 96.9 Å². The molecule has 2 saturated carbocycles. The van der Waals surface area contributed by atoms with Gasteiger partial charge in [0.05, 0.1) is 24.2 Å². The van der Waals surface area contributed by atoms with Gasteiger partial charge < -0.3 is 31.1 Å². The zero-order valence-corrected chi connectivity index (χ0v) is 24.9. The number of likely N-dealkylation sites (N-methyl/N-ethyl adjacent to an activating group) is 2. The van der Waals surface area contributed by atoms with E-state index in [2.05, 4.69) is 27.7 Å². The van der Waals surface area contributed by atoms with Crippen LogP contribution in [0.1, 0.15) is 84.5 Å². The number of fused-ring (bicyclic) bond motifs is 1. The van der Waals surface area contributed by atoms with Crippen LogP contribution in [0.4, 0.5) is 0 Å². The highest BCUT2D eigenvalue weighted by Crippen LogP contribution is 2.36. The second-order valence-corrected chi connectivity index (χ2v) is 12.4. The summed E-state index contributed by atoms with van der Waals surface area (Å²) in [6.07, 6.45) is 13.2. The van der Waals surface area contributed by atoms with E-state index in [9.17, 15) is 19.2 Å². The smallest absolute Gasteiger partial charge is 0.245 e. The van der Waals surface area contributed by atoms with Gasteiger partial charge >= 0.3 is 0 Å². The molecule has 4 amide bonds. The summed E-state index contributed by atoms with van der Waals surface area (Å²) in [7, 11) is 3.49. The largest absolute Gasteiger partial charge is 0.343 e. The molecule has 2 aliphatic carbocycles. The van der Waals surface area contributed by atoms with Crippen LogP contribution in [0.25, 0.3) is 0 Å². The van der Waals surface area contributed by atoms with Crippen LogP contribution < -0.4 is 21.3 Å². The standard InChI is InChI=1S/C30H51N6O4/c1-19(31-3)27(37)33-25(21-11-7-5-8-12-21)29(39)35-17-15-24-23(35)16-18-36(24)30(40)26(22-13-9-6-10-14-22)34-28(38)20(2)32-4/h15,19-26,31-32H,5-14,16-18H2,1-4H3,(H,33,37)(H,34,38)/t19-,20-,23+,24+,25-,26-/m0/s1. The lowest BCUT2D eigenvalue weighted by molar-refractivity contribution is -0.140. The molecule has 225 valence electrons. The minimum atomic E-state index is -0.544. The minimum Gasteiger partial charge on any atom is -0.343 e. The number of carbonyl (C=O) groups excluding carboxylic acids is 4. The highest BCUT2D eigenvalue weighted by atomic mass is 16.2. The molecule has 4 fully saturated rings. The number of amides is 4. The number of nitrogens with zero attached hydrogens (tertiary/aromatic N) is 2. The van der Waals surface area contributed by atoms with Crippen LogP contribution in [0.3, 0.4) is 0 Å². The first-order valence-electron chi connectivity index (χ1n) is 15.7. The van der Waals surface area contributed by atoms with Crippen molar-refractivity contribution in [3.63, 3.8) is 0 Å². The molecular weight excluding hydrogens is 508 g/mol. The fourth-order valence-corrected chi connectivity index (χ4v) is 7.16.